The van der Waals surface area contributed by atoms with Crippen LogP contribution in [0.5, 0.6) is 5.75 Å². The number of nitrogens with two attached hydrogens (primary N) is 1. The number of pyridine rings is 1. The Labute approximate surface area is 111 Å². The molecule has 0 aliphatic carbocycles. The lowest BCUT2D eigenvalue weighted by molar-refractivity contribution is 0.100. The number of nitrogens with one attached hydrogen (secondary N) is 1. The maximum atomic E-state index is 11.2. The molecule has 0 bridgehead atoms. The molecule has 0 aliphatic rings. The fraction of sp³-hybridized carbons (Fsp3) is 0.143. The second-order valence-electron chi connectivity index (χ2n) is 3.85. The number of carbonyl (C=O) groups excluding carboxylic acids is 1. The summed E-state index contributed by atoms with van der Waals surface area (Å²) in [6.45, 7) is 1.00. The van der Waals surface area contributed by atoms with E-state index in [1.807, 2.05) is 30.3 Å². The Hall–Kier alpha value is -2.56. The van der Waals surface area contributed by atoms with Crippen molar-refractivity contribution >= 4 is 11.7 Å². The van der Waals surface area contributed by atoms with Crippen molar-refractivity contribution in [1.29, 1.82) is 0 Å². The van der Waals surface area contributed by atoms with Crippen LogP contribution in [0.1, 0.15) is 10.4 Å². The van der Waals surface area contributed by atoms with E-state index in [-0.39, 0.29) is 0 Å². The van der Waals surface area contributed by atoms with Gasteiger partial charge in [-0.25, -0.2) is 4.98 Å². The third kappa shape index (κ3) is 3.70. The number of hydrogen-bond donors (Lipinski definition) is 2. The number of primary amides is 1. The molecule has 98 valence electrons. The third-order valence-electron chi connectivity index (χ3n) is 2.48. The lowest BCUT2D eigenvalue weighted by Gasteiger charge is -2.09. The van der Waals surface area contributed by atoms with Crippen molar-refractivity contribution in [2.45, 2.75) is 0 Å². The van der Waals surface area contributed by atoms with Crippen molar-refractivity contribution in [3.05, 3.63) is 54.2 Å². The van der Waals surface area contributed by atoms with Gasteiger partial charge in [-0.1, -0.05) is 18.2 Å². The van der Waals surface area contributed by atoms with Gasteiger partial charge in [-0.2, -0.15) is 0 Å². The normalized spacial score (nSPS) is 9.89. The van der Waals surface area contributed by atoms with E-state index in [9.17, 15) is 4.79 Å². The van der Waals surface area contributed by atoms with Gasteiger partial charge < -0.3 is 15.8 Å². The number of benzene rings is 1. The molecule has 19 heavy (non-hydrogen) atoms. The molecule has 3 N–H and O–H groups in total. The Bertz CT molecular complexity index is 543. The van der Waals surface area contributed by atoms with Gasteiger partial charge in [-0.3, -0.25) is 4.79 Å². The molecule has 5 nitrogen and oxygen atoms in total. The minimum absolute atomic E-state index is 0.377. The highest BCUT2D eigenvalue weighted by atomic mass is 16.5. The van der Waals surface area contributed by atoms with Gasteiger partial charge in [0.05, 0.1) is 12.1 Å². The van der Waals surface area contributed by atoms with Crippen LogP contribution >= 0.6 is 0 Å². The maximum Gasteiger partial charge on any atom is 0.252 e. The maximum absolute atomic E-state index is 11.2. The molecular weight excluding hydrogens is 242 g/mol. The minimum Gasteiger partial charge on any atom is -0.492 e. The standard InChI is InChI=1S/C14H15N3O2/c15-13(18)12-7-4-8-16-14(12)17-9-10-19-11-5-2-1-3-6-11/h1-8H,9-10H2,(H2,15,18)(H,16,17). The van der Waals surface area contributed by atoms with Crippen LogP contribution in [-0.2, 0) is 0 Å². The predicted molar refractivity (Wildman–Crippen MR) is 73.2 cm³/mol. The van der Waals surface area contributed by atoms with E-state index in [0.717, 1.165) is 5.75 Å². The van der Waals surface area contributed by atoms with E-state index in [1.165, 1.54) is 0 Å². The Balaban J connectivity index is 1.85. The largest absolute Gasteiger partial charge is 0.492 e. The number of carbonyl (C=O) groups is 1. The van der Waals surface area contributed by atoms with Gasteiger partial charge in [0.25, 0.3) is 5.91 Å². The molecule has 0 saturated heterocycles. The quantitative estimate of drug-likeness (QED) is 0.772. The van der Waals surface area contributed by atoms with Crippen molar-refractivity contribution in [2.75, 3.05) is 18.5 Å². The summed E-state index contributed by atoms with van der Waals surface area (Å²) in [7, 11) is 0. The van der Waals surface area contributed by atoms with Crippen molar-refractivity contribution in [1.82, 2.24) is 4.98 Å². The average Bonchev–Trinajstić information content (AvgIpc) is 2.45. The molecule has 0 atom stereocenters. The Morgan fingerprint density at radius 3 is 2.74 bits per heavy atom. The topological polar surface area (TPSA) is 77.2 Å². The van der Waals surface area contributed by atoms with Crippen LogP contribution in [0.15, 0.2) is 48.7 Å². The molecule has 0 spiro atoms. The molecule has 1 aromatic carbocycles. The number of amides is 1. The van der Waals surface area contributed by atoms with Crippen LogP contribution in [0.3, 0.4) is 0 Å². The van der Waals surface area contributed by atoms with Gasteiger partial charge in [0.1, 0.15) is 18.2 Å². The van der Waals surface area contributed by atoms with E-state index < -0.39 is 5.91 Å². The predicted octanol–water partition coefficient (Wildman–Crippen LogP) is 1.67. The summed E-state index contributed by atoms with van der Waals surface area (Å²) in [6, 6.07) is 12.8. The average molecular weight is 257 g/mol. The zero-order valence-electron chi connectivity index (χ0n) is 10.4. The molecule has 2 aromatic rings. The first kappa shape index (κ1) is 12.9. The van der Waals surface area contributed by atoms with Gasteiger partial charge in [0.2, 0.25) is 0 Å². The number of ether oxygens (including phenoxy) is 1. The highest BCUT2D eigenvalue weighted by Crippen LogP contribution is 2.11. The van der Waals surface area contributed by atoms with E-state index >= 15 is 0 Å². The van der Waals surface area contributed by atoms with E-state index in [2.05, 4.69) is 10.3 Å². The molecule has 5 heteroatoms. The second-order valence-corrected chi connectivity index (χ2v) is 3.85. The van der Waals surface area contributed by atoms with Crippen LogP contribution in [0.25, 0.3) is 0 Å². The highest BCUT2D eigenvalue weighted by molar-refractivity contribution is 5.97. The Kier molecular flexibility index (Phi) is 4.34. The molecular formula is C14H15N3O2. The zero-order chi connectivity index (χ0) is 13.5. The molecule has 0 saturated carbocycles. The van der Waals surface area contributed by atoms with Crippen molar-refractivity contribution in [2.24, 2.45) is 5.73 Å². The van der Waals surface area contributed by atoms with Crippen molar-refractivity contribution in [3.63, 3.8) is 0 Å². The molecule has 1 amide bonds. The molecule has 1 heterocycles. The van der Waals surface area contributed by atoms with Crippen LogP contribution in [0, 0.1) is 0 Å². The molecule has 0 fully saturated rings. The van der Waals surface area contributed by atoms with Gasteiger partial charge in [-0.05, 0) is 24.3 Å². The van der Waals surface area contributed by atoms with Crippen LogP contribution in [-0.4, -0.2) is 24.0 Å². The number of para-hydroxylation sites is 1. The number of anilines is 1. The van der Waals surface area contributed by atoms with Crippen molar-refractivity contribution < 1.29 is 9.53 Å². The van der Waals surface area contributed by atoms with E-state index in [0.29, 0.717) is 24.5 Å². The lowest BCUT2D eigenvalue weighted by Crippen LogP contribution is -2.18. The number of nitrogens with zero attached hydrogens (tertiary/aromatic N) is 1. The van der Waals surface area contributed by atoms with Crippen LogP contribution in [0.2, 0.25) is 0 Å². The third-order valence-corrected chi connectivity index (χ3v) is 2.48. The smallest absolute Gasteiger partial charge is 0.252 e. The summed E-state index contributed by atoms with van der Waals surface area (Å²) in [5.74, 6) is 0.784. The molecule has 2 rings (SSSR count). The van der Waals surface area contributed by atoms with E-state index in [1.54, 1.807) is 18.3 Å². The fourth-order valence-electron chi connectivity index (χ4n) is 1.60. The van der Waals surface area contributed by atoms with Crippen LogP contribution in [0.4, 0.5) is 5.82 Å². The SMILES string of the molecule is NC(=O)c1cccnc1NCCOc1ccccc1. The van der Waals surface area contributed by atoms with Gasteiger partial charge in [0.15, 0.2) is 0 Å². The van der Waals surface area contributed by atoms with E-state index in [4.69, 9.17) is 10.5 Å². The number of hydrogen-bond acceptors (Lipinski definition) is 4. The summed E-state index contributed by atoms with van der Waals surface area (Å²) in [5, 5.41) is 3.03. The molecule has 0 aliphatic heterocycles. The summed E-state index contributed by atoms with van der Waals surface area (Å²) >= 11 is 0. The zero-order valence-corrected chi connectivity index (χ0v) is 10.4. The monoisotopic (exact) mass is 257 g/mol. The first-order chi connectivity index (χ1) is 9.27. The highest BCUT2D eigenvalue weighted by Gasteiger charge is 2.07. The summed E-state index contributed by atoms with van der Waals surface area (Å²) in [5.41, 5.74) is 5.64. The van der Waals surface area contributed by atoms with Gasteiger partial charge in [-0.15, -0.1) is 0 Å². The summed E-state index contributed by atoms with van der Waals surface area (Å²) in [4.78, 5) is 15.3. The number of rotatable bonds is 6. The van der Waals surface area contributed by atoms with Gasteiger partial charge in [0, 0.05) is 6.20 Å². The van der Waals surface area contributed by atoms with Crippen LogP contribution < -0.4 is 15.8 Å². The first-order valence-corrected chi connectivity index (χ1v) is 5.94. The fourth-order valence-corrected chi connectivity index (χ4v) is 1.60. The Morgan fingerprint density at radius 2 is 2.00 bits per heavy atom. The van der Waals surface area contributed by atoms with Gasteiger partial charge >= 0.3 is 0 Å². The second kappa shape index (κ2) is 6.39. The lowest BCUT2D eigenvalue weighted by atomic mass is 10.2. The molecule has 0 unspecified atom stereocenters. The Morgan fingerprint density at radius 1 is 1.21 bits per heavy atom. The molecule has 0 radical (unpaired) electrons. The first-order valence-electron chi connectivity index (χ1n) is 5.94. The minimum atomic E-state index is -0.500. The summed E-state index contributed by atoms with van der Waals surface area (Å²) < 4.78 is 5.52. The summed E-state index contributed by atoms with van der Waals surface area (Å²) in [6.07, 6.45) is 1.60. The molecule has 1 aromatic heterocycles. The number of aromatic nitrogens is 1. The van der Waals surface area contributed by atoms with Crippen molar-refractivity contribution in [3.8, 4) is 5.75 Å².